The van der Waals surface area contributed by atoms with Crippen LogP contribution in [0, 0.1) is 5.92 Å². The molecule has 1 N–H and O–H groups in total. The molecule has 102 valence electrons. The van der Waals surface area contributed by atoms with Gasteiger partial charge in [0.05, 0.1) is 12.3 Å². The van der Waals surface area contributed by atoms with Gasteiger partial charge in [-0.15, -0.1) is 0 Å². The molecule has 0 saturated heterocycles. The number of hydrogen-bond donors (Lipinski definition) is 1. The highest BCUT2D eigenvalue weighted by molar-refractivity contribution is 5.23. The highest BCUT2D eigenvalue weighted by Crippen LogP contribution is 2.14. The summed E-state index contributed by atoms with van der Waals surface area (Å²) < 4.78 is 5.38. The molecule has 1 aromatic heterocycles. The monoisotopic (exact) mass is 257 g/mol. The SMILES string of the molecule is CC(C)Cc1ccc(CNC(C)c2ccco2)cc1. The van der Waals surface area contributed by atoms with E-state index in [0.29, 0.717) is 5.92 Å². The highest BCUT2D eigenvalue weighted by atomic mass is 16.3. The molecule has 0 aliphatic rings. The van der Waals surface area contributed by atoms with Crippen molar-refractivity contribution in [2.24, 2.45) is 5.92 Å². The standard InChI is InChI=1S/C17H23NO/c1-13(2)11-15-6-8-16(9-7-15)12-18-14(3)17-5-4-10-19-17/h4-10,13-14,18H,11-12H2,1-3H3. The normalized spacial score (nSPS) is 12.8. The Kier molecular flexibility index (Phi) is 4.80. The lowest BCUT2D eigenvalue weighted by Crippen LogP contribution is -2.17. The Balaban J connectivity index is 1.86. The van der Waals surface area contributed by atoms with Gasteiger partial charge in [-0.3, -0.25) is 0 Å². The fraction of sp³-hybridized carbons (Fsp3) is 0.412. The van der Waals surface area contributed by atoms with E-state index in [1.807, 2.05) is 12.1 Å². The van der Waals surface area contributed by atoms with Crippen LogP contribution in [-0.4, -0.2) is 0 Å². The van der Waals surface area contributed by atoms with E-state index in [2.05, 4.69) is 50.4 Å². The molecule has 2 rings (SSSR count). The highest BCUT2D eigenvalue weighted by Gasteiger charge is 2.07. The van der Waals surface area contributed by atoms with Crippen LogP contribution >= 0.6 is 0 Å². The van der Waals surface area contributed by atoms with Gasteiger partial charge >= 0.3 is 0 Å². The molecular formula is C17H23NO. The Morgan fingerprint density at radius 2 is 1.68 bits per heavy atom. The van der Waals surface area contributed by atoms with Gasteiger partial charge in [0.1, 0.15) is 5.76 Å². The molecule has 2 aromatic rings. The quantitative estimate of drug-likeness (QED) is 0.833. The van der Waals surface area contributed by atoms with Crippen LogP contribution in [0.4, 0.5) is 0 Å². The lowest BCUT2D eigenvalue weighted by molar-refractivity contribution is 0.430. The summed E-state index contributed by atoms with van der Waals surface area (Å²) >= 11 is 0. The molecule has 1 atom stereocenters. The first-order chi connectivity index (χ1) is 9.15. The summed E-state index contributed by atoms with van der Waals surface area (Å²) in [7, 11) is 0. The van der Waals surface area contributed by atoms with Gasteiger partial charge in [-0.2, -0.15) is 0 Å². The van der Waals surface area contributed by atoms with Crippen molar-refractivity contribution >= 4 is 0 Å². The molecule has 2 nitrogen and oxygen atoms in total. The minimum atomic E-state index is 0.241. The van der Waals surface area contributed by atoms with Crippen molar-refractivity contribution in [1.82, 2.24) is 5.32 Å². The fourth-order valence-electron chi connectivity index (χ4n) is 2.17. The fourth-order valence-corrected chi connectivity index (χ4v) is 2.17. The van der Waals surface area contributed by atoms with Crippen LogP contribution in [0.15, 0.2) is 47.1 Å². The lowest BCUT2D eigenvalue weighted by atomic mass is 10.0. The molecule has 0 spiro atoms. The molecule has 0 bridgehead atoms. The van der Waals surface area contributed by atoms with Crippen LogP contribution in [0.2, 0.25) is 0 Å². The van der Waals surface area contributed by atoms with E-state index < -0.39 is 0 Å². The lowest BCUT2D eigenvalue weighted by Gasteiger charge is -2.12. The number of hydrogen-bond acceptors (Lipinski definition) is 2. The van der Waals surface area contributed by atoms with Gasteiger partial charge in [0, 0.05) is 6.54 Å². The summed E-state index contributed by atoms with van der Waals surface area (Å²) in [5.41, 5.74) is 2.73. The van der Waals surface area contributed by atoms with Gasteiger partial charge in [0.15, 0.2) is 0 Å². The maximum Gasteiger partial charge on any atom is 0.120 e. The summed E-state index contributed by atoms with van der Waals surface area (Å²) in [6.45, 7) is 7.48. The minimum absolute atomic E-state index is 0.241. The second kappa shape index (κ2) is 6.58. The average molecular weight is 257 g/mol. The van der Waals surface area contributed by atoms with E-state index in [1.54, 1.807) is 6.26 Å². The third kappa shape index (κ3) is 4.25. The van der Waals surface area contributed by atoms with Crippen LogP contribution in [0.25, 0.3) is 0 Å². The first kappa shape index (κ1) is 13.9. The van der Waals surface area contributed by atoms with E-state index in [1.165, 1.54) is 11.1 Å². The topological polar surface area (TPSA) is 25.2 Å². The molecule has 1 heterocycles. The predicted molar refractivity (Wildman–Crippen MR) is 78.9 cm³/mol. The molecule has 0 saturated carbocycles. The zero-order valence-corrected chi connectivity index (χ0v) is 12.0. The average Bonchev–Trinajstić information content (AvgIpc) is 2.91. The summed E-state index contributed by atoms with van der Waals surface area (Å²) in [6, 6.07) is 13.0. The molecule has 1 aromatic carbocycles. The van der Waals surface area contributed by atoms with Crippen molar-refractivity contribution in [3.8, 4) is 0 Å². The van der Waals surface area contributed by atoms with Gasteiger partial charge in [-0.25, -0.2) is 0 Å². The van der Waals surface area contributed by atoms with E-state index >= 15 is 0 Å². The molecule has 0 amide bonds. The molecule has 2 heteroatoms. The largest absolute Gasteiger partial charge is 0.468 e. The Bertz CT molecular complexity index is 470. The summed E-state index contributed by atoms with van der Waals surface area (Å²) in [6.07, 6.45) is 2.87. The number of nitrogens with one attached hydrogen (secondary N) is 1. The number of furan rings is 1. The zero-order chi connectivity index (χ0) is 13.7. The first-order valence-corrected chi connectivity index (χ1v) is 6.99. The summed E-state index contributed by atoms with van der Waals surface area (Å²) in [5.74, 6) is 1.69. The molecule has 0 radical (unpaired) electrons. The van der Waals surface area contributed by atoms with Gasteiger partial charge in [-0.05, 0) is 42.5 Å². The van der Waals surface area contributed by atoms with Gasteiger partial charge in [-0.1, -0.05) is 38.1 Å². The van der Waals surface area contributed by atoms with Crippen LogP contribution in [-0.2, 0) is 13.0 Å². The molecule has 0 aliphatic heterocycles. The molecule has 19 heavy (non-hydrogen) atoms. The van der Waals surface area contributed by atoms with E-state index in [0.717, 1.165) is 18.7 Å². The number of benzene rings is 1. The van der Waals surface area contributed by atoms with E-state index in [9.17, 15) is 0 Å². The third-order valence-electron chi connectivity index (χ3n) is 3.25. The molecule has 0 aliphatic carbocycles. The maximum absolute atomic E-state index is 5.38. The third-order valence-corrected chi connectivity index (χ3v) is 3.25. The van der Waals surface area contributed by atoms with Crippen LogP contribution < -0.4 is 5.32 Å². The van der Waals surface area contributed by atoms with Crippen molar-refractivity contribution in [1.29, 1.82) is 0 Å². The zero-order valence-electron chi connectivity index (χ0n) is 12.0. The second-order valence-electron chi connectivity index (χ2n) is 5.53. The summed E-state index contributed by atoms with van der Waals surface area (Å²) in [4.78, 5) is 0. The van der Waals surface area contributed by atoms with Crippen LogP contribution in [0.5, 0.6) is 0 Å². The Labute approximate surface area is 115 Å². The van der Waals surface area contributed by atoms with Crippen LogP contribution in [0.1, 0.15) is 43.7 Å². The minimum Gasteiger partial charge on any atom is -0.468 e. The van der Waals surface area contributed by atoms with Gasteiger partial charge in [0.25, 0.3) is 0 Å². The van der Waals surface area contributed by atoms with E-state index in [4.69, 9.17) is 4.42 Å². The Morgan fingerprint density at radius 3 is 2.26 bits per heavy atom. The van der Waals surface area contributed by atoms with Crippen molar-refractivity contribution in [3.05, 3.63) is 59.5 Å². The van der Waals surface area contributed by atoms with Gasteiger partial charge < -0.3 is 9.73 Å². The molecular weight excluding hydrogens is 234 g/mol. The van der Waals surface area contributed by atoms with Crippen molar-refractivity contribution < 1.29 is 4.42 Å². The second-order valence-corrected chi connectivity index (χ2v) is 5.53. The smallest absolute Gasteiger partial charge is 0.120 e. The van der Waals surface area contributed by atoms with Crippen molar-refractivity contribution in [2.75, 3.05) is 0 Å². The van der Waals surface area contributed by atoms with E-state index in [-0.39, 0.29) is 6.04 Å². The van der Waals surface area contributed by atoms with Crippen molar-refractivity contribution in [2.45, 2.75) is 39.8 Å². The van der Waals surface area contributed by atoms with Crippen LogP contribution in [0.3, 0.4) is 0 Å². The molecule has 1 unspecified atom stereocenters. The Hall–Kier alpha value is -1.54. The Morgan fingerprint density at radius 1 is 1.00 bits per heavy atom. The number of rotatable bonds is 6. The maximum atomic E-state index is 5.38. The summed E-state index contributed by atoms with van der Waals surface area (Å²) in [5, 5.41) is 3.47. The first-order valence-electron chi connectivity index (χ1n) is 6.99. The van der Waals surface area contributed by atoms with Crippen molar-refractivity contribution in [3.63, 3.8) is 0 Å². The van der Waals surface area contributed by atoms with Gasteiger partial charge in [0.2, 0.25) is 0 Å². The molecule has 0 fully saturated rings. The predicted octanol–water partition coefficient (Wildman–Crippen LogP) is 4.33.